The summed E-state index contributed by atoms with van der Waals surface area (Å²) in [4.78, 5) is 25.3. The molecular formula is C37H27N6NaO9S. The van der Waals surface area contributed by atoms with Crippen LogP contribution >= 0.6 is 0 Å². The van der Waals surface area contributed by atoms with Gasteiger partial charge in [0.25, 0.3) is 11.8 Å². The van der Waals surface area contributed by atoms with Gasteiger partial charge >= 0.3 is 29.6 Å². The van der Waals surface area contributed by atoms with Gasteiger partial charge in [0, 0.05) is 34.0 Å². The van der Waals surface area contributed by atoms with Crippen LogP contribution in [0.3, 0.4) is 0 Å². The summed E-state index contributed by atoms with van der Waals surface area (Å²) in [7, 11) is -3.73. The summed E-state index contributed by atoms with van der Waals surface area (Å²) in [6.45, 7) is 0. The molecule has 0 unspecified atom stereocenters. The van der Waals surface area contributed by atoms with Gasteiger partial charge in [0.05, 0.1) is 17.7 Å². The topological polar surface area (TPSA) is 235 Å². The number of carbonyl (C=O) groups excluding carboxylic acids is 2. The molecular weight excluding hydrogens is 727 g/mol. The van der Waals surface area contributed by atoms with Crippen LogP contribution in [0.1, 0.15) is 20.7 Å². The van der Waals surface area contributed by atoms with Crippen LogP contribution in [0.2, 0.25) is 0 Å². The maximum Gasteiger partial charge on any atom is 1.00 e. The molecule has 0 aliphatic heterocycles. The van der Waals surface area contributed by atoms with Gasteiger partial charge in [-0.1, -0.05) is 18.2 Å². The van der Waals surface area contributed by atoms with Crippen molar-refractivity contribution in [3.8, 4) is 23.0 Å². The second-order valence-electron chi connectivity index (χ2n) is 11.2. The number of methoxy groups -OCH3 is 1. The summed E-state index contributed by atoms with van der Waals surface area (Å²) in [6, 6.07) is 28.0. The first-order valence-electron chi connectivity index (χ1n) is 15.5. The first kappa shape index (κ1) is 39.0. The minimum atomic E-state index is -5.14. The van der Waals surface area contributed by atoms with Crippen molar-refractivity contribution in [3.05, 3.63) is 126 Å². The van der Waals surface area contributed by atoms with E-state index in [1.807, 2.05) is 0 Å². The number of anilines is 2. The number of aromatic hydroxyl groups is 3. The zero-order chi connectivity index (χ0) is 37.7. The van der Waals surface area contributed by atoms with Crippen LogP contribution in [0.15, 0.2) is 141 Å². The third kappa shape index (κ3) is 9.06. The van der Waals surface area contributed by atoms with E-state index in [4.69, 9.17) is 4.74 Å². The Balaban J connectivity index is 0.00000561. The van der Waals surface area contributed by atoms with Crippen molar-refractivity contribution in [2.45, 2.75) is 4.90 Å². The number of amides is 2. The van der Waals surface area contributed by atoms with Crippen molar-refractivity contribution >= 4 is 66.8 Å². The minimum absolute atomic E-state index is 0. The number of benzene rings is 6. The van der Waals surface area contributed by atoms with Gasteiger partial charge in [-0.25, -0.2) is 8.42 Å². The predicted octanol–water partition coefficient (Wildman–Crippen LogP) is 5.21. The molecule has 0 aliphatic rings. The average molecular weight is 755 g/mol. The number of phenolic OH excluding ortho intramolecular Hbond substituents is 3. The van der Waals surface area contributed by atoms with Crippen molar-refractivity contribution in [1.82, 2.24) is 0 Å². The van der Waals surface area contributed by atoms with E-state index in [2.05, 4.69) is 31.1 Å². The molecule has 0 heterocycles. The number of carbonyl (C=O) groups is 2. The number of hydrogen-bond donors (Lipinski definition) is 5. The molecule has 5 N–H and O–H groups in total. The number of nitrogens with zero attached hydrogens (tertiary/aromatic N) is 4. The van der Waals surface area contributed by atoms with E-state index in [-0.39, 0.29) is 80.0 Å². The van der Waals surface area contributed by atoms with Gasteiger partial charge in [0.1, 0.15) is 44.4 Å². The molecule has 0 atom stereocenters. The van der Waals surface area contributed by atoms with Gasteiger partial charge in [-0.05, 0) is 96.4 Å². The van der Waals surface area contributed by atoms with Crippen molar-refractivity contribution in [3.63, 3.8) is 0 Å². The van der Waals surface area contributed by atoms with Gasteiger partial charge in [0.15, 0.2) is 5.75 Å². The Morgan fingerprint density at radius 3 is 2.07 bits per heavy atom. The number of phenols is 3. The first-order chi connectivity index (χ1) is 25.4. The molecule has 0 aliphatic carbocycles. The fourth-order valence-corrected chi connectivity index (χ4v) is 5.71. The summed E-state index contributed by atoms with van der Waals surface area (Å²) >= 11 is 0. The fraction of sp³-hybridized carbons (Fsp3) is 0.0270. The van der Waals surface area contributed by atoms with Gasteiger partial charge in [-0.2, -0.15) is 5.11 Å². The maximum absolute atomic E-state index is 13.2. The molecule has 6 rings (SSSR count). The molecule has 0 saturated carbocycles. The van der Waals surface area contributed by atoms with Crippen LogP contribution < -0.4 is 44.9 Å². The zero-order valence-electron chi connectivity index (χ0n) is 28.5. The SMILES string of the molecule is COc1ccccc1N=Nc1c(S(=O)(=O)[O-])cc2cc(NC(=O)c3cccc(NC(=O)c4ccc(N=Nc5ccc(O)cc5O)cc4)c3)ccc2c1O.[Na+]. The number of hydrogen-bond acceptors (Lipinski definition) is 13. The third-order valence-electron chi connectivity index (χ3n) is 7.67. The monoisotopic (exact) mass is 754 g/mol. The number of azo groups is 2. The molecule has 0 aromatic heterocycles. The smallest absolute Gasteiger partial charge is 0.744 e. The Bertz CT molecular complexity index is 2570. The summed E-state index contributed by atoms with van der Waals surface area (Å²) in [5.41, 5.74) is 1.22. The molecule has 54 heavy (non-hydrogen) atoms. The molecule has 2 amide bonds. The quantitative estimate of drug-likeness (QED) is 0.0700. The van der Waals surface area contributed by atoms with Crippen molar-refractivity contribution in [2.75, 3.05) is 17.7 Å². The standard InChI is InChI=1S/C37H28N6O9S.Na/c1-52-32-8-3-2-7-30(32)42-43-34-33(53(49,50)51)19-23-18-26(13-15-28(23)35(34)46)39-37(48)22-5-4-6-25(17-22)38-36(47)21-9-11-24(12-10-21)40-41-29-16-14-27(44)20-31(29)45;/h2-20,44-46H,1H3,(H,38,47)(H,39,48)(H,49,50,51);/q;+1/p-1. The number of fused-ring (bicyclic) bond motifs is 1. The molecule has 6 aromatic rings. The second-order valence-corrected chi connectivity index (χ2v) is 12.6. The Hall–Kier alpha value is -6.17. The summed E-state index contributed by atoms with van der Waals surface area (Å²) in [5, 5.41) is 51.8. The van der Waals surface area contributed by atoms with Crippen LogP contribution in [0.25, 0.3) is 10.8 Å². The fourth-order valence-electron chi connectivity index (χ4n) is 5.07. The van der Waals surface area contributed by atoms with Crippen LogP contribution in [0.4, 0.5) is 34.1 Å². The molecule has 0 bridgehead atoms. The Morgan fingerprint density at radius 2 is 1.37 bits per heavy atom. The number of nitrogens with one attached hydrogen (secondary N) is 2. The van der Waals surface area contributed by atoms with Crippen molar-refractivity contribution in [1.29, 1.82) is 0 Å². The van der Waals surface area contributed by atoms with Gasteiger partial charge < -0.3 is 35.2 Å². The van der Waals surface area contributed by atoms with Crippen LogP contribution in [-0.4, -0.2) is 47.2 Å². The first-order valence-corrected chi connectivity index (χ1v) is 16.9. The number of rotatable bonds is 10. The minimum Gasteiger partial charge on any atom is -0.744 e. The summed E-state index contributed by atoms with van der Waals surface area (Å²) in [5.74, 6) is -1.68. The van der Waals surface area contributed by atoms with E-state index in [0.29, 0.717) is 17.1 Å². The van der Waals surface area contributed by atoms with E-state index >= 15 is 0 Å². The maximum atomic E-state index is 13.2. The van der Waals surface area contributed by atoms with E-state index < -0.39 is 38.3 Å². The number of para-hydroxylation sites is 1. The Morgan fingerprint density at radius 1 is 0.685 bits per heavy atom. The van der Waals surface area contributed by atoms with E-state index in [0.717, 1.165) is 12.1 Å². The Labute approximate surface area is 329 Å². The van der Waals surface area contributed by atoms with Gasteiger partial charge in [-0.15, -0.1) is 15.3 Å². The van der Waals surface area contributed by atoms with Crippen LogP contribution in [0.5, 0.6) is 23.0 Å². The summed E-state index contributed by atoms with van der Waals surface area (Å²) < 4.78 is 41.9. The number of ether oxygens (including phenoxy) is 1. The largest absolute Gasteiger partial charge is 1.00 e. The molecule has 17 heteroatoms. The average Bonchev–Trinajstić information content (AvgIpc) is 3.14. The molecule has 0 fully saturated rings. The van der Waals surface area contributed by atoms with Crippen LogP contribution in [0, 0.1) is 0 Å². The third-order valence-corrected chi connectivity index (χ3v) is 8.52. The molecule has 15 nitrogen and oxygen atoms in total. The van der Waals surface area contributed by atoms with Crippen molar-refractivity contribution in [2.24, 2.45) is 20.5 Å². The Kier molecular flexibility index (Phi) is 12.0. The van der Waals surface area contributed by atoms with Gasteiger partial charge in [0.2, 0.25) is 0 Å². The van der Waals surface area contributed by atoms with E-state index in [1.165, 1.54) is 61.7 Å². The van der Waals surface area contributed by atoms with E-state index in [1.54, 1.807) is 48.5 Å². The zero-order valence-corrected chi connectivity index (χ0v) is 31.3. The normalized spacial score (nSPS) is 11.4. The molecule has 0 radical (unpaired) electrons. The van der Waals surface area contributed by atoms with Gasteiger partial charge in [-0.3, -0.25) is 9.59 Å². The van der Waals surface area contributed by atoms with E-state index in [9.17, 15) is 37.9 Å². The summed E-state index contributed by atoms with van der Waals surface area (Å²) in [6.07, 6.45) is 0. The molecule has 0 saturated heterocycles. The second kappa shape index (κ2) is 16.7. The van der Waals surface area contributed by atoms with Crippen molar-refractivity contribution < 1.29 is 72.2 Å². The molecule has 0 spiro atoms. The van der Waals surface area contributed by atoms with Crippen LogP contribution in [-0.2, 0) is 10.1 Å². The predicted molar refractivity (Wildman–Crippen MR) is 193 cm³/mol. The molecule has 6 aromatic carbocycles. The molecule has 266 valence electrons.